The van der Waals surface area contributed by atoms with Crippen LogP contribution in [0.15, 0.2) is 18.2 Å². The molecule has 0 atom stereocenters. The van der Waals surface area contributed by atoms with Crippen molar-refractivity contribution in [2.45, 2.75) is 20.8 Å². The number of carbonyl (C=O) groups excluding carboxylic acids is 1. The molecule has 0 saturated heterocycles. The third-order valence-electron chi connectivity index (χ3n) is 3.68. The Balaban J connectivity index is 2.24. The Hall–Kier alpha value is -2.52. The number of anilines is 2. The average molecular weight is 379 g/mol. The summed E-state index contributed by atoms with van der Waals surface area (Å²) in [6.45, 7) is 5.55. The highest BCUT2D eigenvalue weighted by Gasteiger charge is 2.21. The Kier molecular flexibility index (Phi) is 5.70. The van der Waals surface area contributed by atoms with Crippen molar-refractivity contribution in [3.8, 4) is 0 Å². The number of nitrogens with one attached hydrogen (secondary N) is 2. The Morgan fingerprint density at radius 3 is 2.56 bits per heavy atom. The summed E-state index contributed by atoms with van der Waals surface area (Å²) in [4.78, 5) is 23.4. The summed E-state index contributed by atoms with van der Waals surface area (Å²) in [5, 5.41) is 17.6. The van der Waals surface area contributed by atoms with E-state index in [-0.39, 0.29) is 10.8 Å². The van der Waals surface area contributed by atoms with Crippen molar-refractivity contribution in [1.29, 1.82) is 0 Å². The van der Waals surface area contributed by atoms with Crippen molar-refractivity contribution in [3.05, 3.63) is 49.9 Å². The van der Waals surface area contributed by atoms with Crippen molar-refractivity contribution in [2.24, 2.45) is 0 Å². The molecule has 0 aliphatic rings. The van der Waals surface area contributed by atoms with Gasteiger partial charge in [0.15, 0.2) is 5.11 Å². The van der Waals surface area contributed by atoms with Gasteiger partial charge >= 0.3 is 5.97 Å². The first-order valence-electron chi connectivity index (χ1n) is 7.26. The molecule has 2 aromatic rings. The first kappa shape index (κ1) is 18.8. The summed E-state index contributed by atoms with van der Waals surface area (Å²) in [5.41, 5.74) is 2.56. The number of nitro benzene ring substituents is 1. The lowest BCUT2D eigenvalue weighted by Crippen LogP contribution is -2.20. The van der Waals surface area contributed by atoms with E-state index in [4.69, 9.17) is 17.0 Å². The van der Waals surface area contributed by atoms with Gasteiger partial charge in [-0.1, -0.05) is 6.07 Å². The van der Waals surface area contributed by atoms with Crippen LogP contribution < -0.4 is 10.6 Å². The molecular weight excluding hydrogens is 362 g/mol. The number of carbonyl (C=O) groups is 1. The molecule has 1 aromatic heterocycles. The van der Waals surface area contributed by atoms with E-state index in [2.05, 4.69) is 10.6 Å². The largest absolute Gasteiger partial charge is 0.465 e. The predicted molar refractivity (Wildman–Crippen MR) is 103 cm³/mol. The van der Waals surface area contributed by atoms with Crippen LogP contribution in [0, 0.1) is 30.9 Å². The fourth-order valence-corrected chi connectivity index (χ4v) is 3.51. The highest BCUT2D eigenvalue weighted by Crippen LogP contribution is 2.33. The van der Waals surface area contributed by atoms with Gasteiger partial charge in [0.05, 0.1) is 17.6 Å². The molecule has 0 spiro atoms. The van der Waals surface area contributed by atoms with E-state index >= 15 is 0 Å². The molecule has 132 valence electrons. The summed E-state index contributed by atoms with van der Waals surface area (Å²) in [6.07, 6.45) is 0. The van der Waals surface area contributed by atoms with E-state index in [0.717, 1.165) is 16.0 Å². The number of rotatable bonds is 4. The molecule has 0 aliphatic heterocycles. The van der Waals surface area contributed by atoms with Gasteiger partial charge in [0.25, 0.3) is 5.69 Å². The van der Waals surface area contributed by atoms with Gasteiger partial charge in [-0.3, -0.25) is 10.1 Å². The van der Waals surface area contributed by atoms with E-state index < -0.39 is 10.9 Å². The molecule has 0 radical (unpaired) electrons. The van der Waals surface area contributed by atoms with E-state index in [1.165, 1.54) is 30.6 Å². The van der Waals surface area contributed by atoms with Crippen LogP contribution in [-0.2, 0) is 4.74 Å². The minimum Gasteiger partial charge on any atom is -0.465 e. The second kappa shape index (κ2) is 7.58. The number of nitrogens with zero attached hydrogens (tertiary/aromatic N) is 1. The number of hydrogen-bond donors (Lipinski definition) is 2. The van der Waals surface area contributed by atoms with Crippen LogP contribution in [0.3, 0.4) is 0 Å². The van der Waals surface area contributed by atoms with Crippen molar-refractivity contribution in [1.82, 2.24) is 0 Å². The normalized spacial score (nSPS) is 10.2. The first-order chi connectivity index (χ1) is 11.7. The second-order valence-electron chi connectivity index (χ2n) is 5.31. The van der Waals surface area contributed by atoms with Gasteiger partial charge in [0, 0.05) is 22.7 Å². The van der Waals surface area contributed by atoms with Gasteiger partial charge in [-0.15, -0.1) is 11.3 Å². The summed E-state index contributed by atoms with van der Waals surface area (Å²) in [7, 11) is 1.32. The van der Waals surface area contributed by atoms with Crippen LogP contribution in [0.5, 0.6) is 0 Å². The Morgan fingerprint density at radius 1 is 1.28 bits per heavy atom. The lowest BCUT2D eigenvalue weighted by atomic mass is 10.1. The van der Waals surface area contributed by atoms with Crippen molar-refractivity contribution in [2.75, 3.05) is 17.7 Å². The van der Waals surface area contributed by atoms with Crippen LogP contribution in [0.25, 0.3) is 0 Å². The number of ether oxygens (including phenoxy) is 1. The molecule has 2 rings (SSSR count). The summed E-state index contributed by atoms with van der Waals surface area (Å²) in [5.74, 6) is -0.446. The van der Waals surface area contributed by atoms with Gasteiger partial charge in [-0.2, -0.15) is 0 Å². The van der Waals surface area contributed by atoms with Gasteiger partial charge in [-0.05, 0) is 44.1 Å². The lowest BCUT2D eigenvalue weighted by Gasteiger charge is -2.12. The minimum atomic E-state index is -0.470. The smallest absolute Gasteiger partial charge is 0.341 e. The number of aryl methyl sites for hydroxylation is 2. The Morgan fingerprint density at radius 2 is 1.96 bits per heavy atom. The number of hydrogen-bond acceptors (Lipinski definition) is 6. The summed E-state index contributed by atoms with van der Waals surface area (Å²) >= 11 is 6.67. The van der Waals surface area contributed by atoms with E-state index in [0.29, 0.717) is 16.3 Å². The summed E-state index contributed by atoms with van der Waals surface area (Å²) in [6, 6.07) is 4.48. The third-order valence-corrected chi connectivity index (χ3v) is 5.01. The minimum absolute atomic E-state index is 0.0334. The third kappa shape index (κ3) is 4.12. The molecule has 0 unspecified atom stereocenters. The van der Waals surface area contributed by atoms with Crippen LogP contribution in [0.1, 0.15) is 26.4 Å². The SMILES string of the molecule is COC(=O)c1c(NC(=S)Nc2cc([N+](=O)[O-])ccc2C)sc(C)c1C. The summed E-state index contributed by atoms with van der Waals surface area (Å²) < 4.78 is 4.82. The molecule has 1 aromatic carbocycles. The molecule has 0 saturated carbocycles. The molecule has 7 nitrogen and oxygen atoms in total. The fraction of sp³-hybridized carbons (Fsp3) is 0.250. The molecule has 0 amide bonds. The number of nitro groups is 1. The standard InChI is InChI=1S/C16H17N3O4S2/c1-8-5-6-11(19(21)22)7-12(8)17-16(24)18-14-13(15(20)23-4)9(2)10(3)25-14/h5-7H,1-4H3,(H2,17,18,24). The number of thiophene rings is 1. The van der Waals surface area contributed by atoms with Gasteiger partial charge < -0.3 is 15.4 Å². The number of benzene rings is 1. The molecule has 0 aliphatic carbocycles. The number of non-ortho nitro benzene ring substituents is 1. The van der Waals surface area contributed by atoms with Gasteiger partial charge in [0.1, 0.15) is 5.00 Å². The van der Waals surface area contributed by atoms with Crippen LogP contribution in [-0.4, -0.2) is 23.1 Å². The zero-order valence-corrected chi connectivity index (χ0v) is 15.8. The zero-order valence-electron chi connectivity index (χ0n) is 14.1. The zero-order chi connectivity index (χ0) is 18.7. The quantitative estimate of drug-likeness (QED) is 0.356. The maximum Gasteiger partial charge on any atom is 0.341 e. The molecule has 25 heavy (non-hydrogen) atoms. The lowest BCUT2D eigenvalue weighted by molar-refractivity contribution is -0.384. The second-order valence-corrected chi connectivity index (χ2v) is 6.95. The van der Waals surface area contributed by atoms with Crippen molar-refractivity contribution < 1.29 is 14.5 Å². The Labute approximate surface area is 154 Å². The number of esters is 1. The van der Waals surface area contributed by atoms with Crippen LogP contribution in [0.4, 0.5) is 16.4 Å². The van der Waals surface area contributed by atoms with Gasteiger partial charge in [0.2, 0.25) is 0 Å². The molecule has 2 N–H and O–H groups in total. The molecule has 0 bridgehead atoms. The van der Waals surface area contributed by atoms with Crippen LogP contribution >= 0.6 is 23.6 Å². The monoisotopic (exact) mass is 379 g/mol. The maximum atomic E-state index is 12.0. The molecular formula is C16H17N3O4S2. The molecule has 9 heteroatoms. The topological polar surface area (TPSA) is 93.5 Å². The van der Waals surface area contributed by atoms with Crippen molar-refractivity contribution in [3.63, 3.8) is 0 Å². The average Bonchev–Trinajstić information content (AvgIpc) is 2.82. The molecule has 0 fully saturated rings. The van der Waals surface area contributed by atoms with Gasteiger partial charge in [-0.25, -0.2) is 4.79 Å². The highest BCUT2D eigenvalue weighted by atomic mass is 32.1. The predicted octanol–water partition coefficient (Wildman–Crippen LogP) is 4.18. The number of thiocarbonyl (C=S) groups is 1. The number of methoxy groups -OCH3 is 1. The first-order valence-corrected chi connectivity index (χ1v) is 8.48. The van der Waals surface area contributed by atoms with Crippen molar-refractivity contribution >= 4 is 51.0 Å². The van der Waals surface area contributed by atoms with E-state index in [9.17, 15) is 14.9 Å². The van der Waals surface area contributed by atoms with E-state index in [1.807, 2.05) is 20.8 Å². The van der Waals surface area contributed by atoms with Crippen LogP contribution in [0.2, 0.25) is 0 Å². The highest BCUT2D eigenvalue weighted by molar-refractivity contribution is 7.80. The maximum absolute atomic E-state index is 12.0. The van der Waals surface area contributed by atoms with E-state index in [1.54, 1.807) is 6.07 Å². The fourth-order valence-electron chi connectivity index (χ4n) is 2.18. The molecule has 1 heterocycles. The Bertz CT molecular complexity index is 861.